The van der Waals surface area contributed by atoms with Crippen molar-refractivity contribution < 1.29 is 19.5 Å². The Hall–Kier alpha value is -3.17. The minimum Gasteiger partial charge on any atom is -0.481 e. The predicted octanol–water partition coefficient (Wildman–Crippen LogP) is 5.61. The maximum Gasteiger partial charge on any atom is 0.307 e. The fourth-order valence-electron chi connectivity index (χ4n) is 5.21. The molecule has 1 heterocycles. The van der Waals surface area contributed by atoms with Crippen molar-refractivity contribution in [2.24, 2.45) is 23.7 Å². The number of rotatable bonds is 8. The first-order chi connectivity index (χ1) is 17.3. The lowest BCUT2D eigenvalue weighted by Gasteiger charge is -2.23. The van der Waals surface area contributed by atoms with E-state index in [4.69, 9.17) is 0 Å². The summed E-state index contributed by atoms with van der Waals surface area (Å²) < 4.78 is 1.66. The Morgan fingerprint density at radius 1 is 1.08 bits per heavy atom. The summed E-state index contributed by atoms with van der Waals surface area (Å²) >= 11 is 2.83. The van der Waals surface area contributed by atoms with Crippen molar-refractivity contribution in [1.82, 2.24) is 4.98 Å². The largest absolute Gasteiger partial charge is 0.481 e. The number of benzene rings is 2. The number of hydrogen-bond donors (Lipinski definition) is 3. The third kappa shape index (κ3) is 4.90. The number of fused-ring (bicyclic) bond motifs is 3. The van der Waals surface area contributed by atoms with Gasteiger partial charge in [0.1, 0.15) is 0 Å². The molecule has 2 aliphatic rings. The molecule has 36 heavy (non-hydrogen) atoms. The molecule has 3 aromatic rings. The quantitative estimate of drug-likeness (QED) is 0.263. The van der Waals surface area contributed by atoms with E-state index in [2.05, 4.69) is 29.5 Å². The van der Waals surface area contributed by atoms with Gasteiger partial charge in [0, 0.05) is 11.4 Å². The van der Waals surface area contributed by atoms with Gasteiger partial charge in [-0.25, -0.2) is 4.98 Å². The molecule has 2 aromatic carbocycles. The second-order valence-electron chi connectivity index (χ2n) is 9.57. The molecule has 2 amide bonds. The van der Waals surface area contributed by atoms with Gasteiger partial charge in [-0.3, -0.25) is 14.4 Å². The number of anilines is 2. The third-order valence-corrected chi connectivity index (χ3v) is 9.03. The van der Waals surface area contributed by atoms with Gasteiger partial charge in [0.15, 0.2) is 4.34 Å². The molecule has 0 spiro atoms. The van der Waals surface area contributed by atoms with Gasteiger partial charge < -0.3 is 15.7 Å². The minimum atomic E-state index is -0.914. The number of carboxylic acids is 1. The lowest BCUT2D eigenvalue weighted by Crippen LogP contribution is -2.36. The van der Waals surface area contributed by atoms with E-state index in [1.807, 2.05) is 48.6 Å². The maximum atomic E-state index is 13.0. The molecule has 0 unspecified atom stereocenters. The molecule has 3 N–H and O–H groups in total. The number of nitrogens with zero attached hydrogens (tertiary/aromatic N) is 1. The van der Waals surface area contributed by atoms with E-state index >= 15 is 0 Å². The predicted molar refractivity (Wildman–Crippen MR) is 143 cm³/mol. The Bertz CT molecular complexity index is 1370. The molecule has 186 valence electrons. The Morgan fingerprint density at radius 2 is 1.83 bits per heavy atom. The van der Waals surface area contributed by atoms with Crippen LogP contribution in [0.25, 0.3) is 10.2 Å². The van der Waals surface area contributed by atoms with Gasteiger partial charge in [-0.05, 0) is 54.0 Å². The number of thioether (sulfide) groups is 1. The second-order valence-corrected chi connectivity index (χ2v) is 11.8. The number of aliphatic carboxylic acids is 1. The summed E-state index contributed by atoms with van der Waals surface area (Å²) in [6.45, 7) is 4.19. The van der Waals surface area contributed by atoms with Crippen molar-refractivity contribution in [3.05, 3.63) is 60.2 Å². The highest BCUT2D eigenvalue weighted by atomic mass is 32.2. The van der Waals surface area contributed by atoms with Gasteiger partial charge in [-0.1, -0.05) is 56.0 Å². The molecule has 0 saturated heterocycles. The van der Waals surface area contributed by atoms with Crippen molar-refractivity contribution in [3.8, 4) is 0 Å². The first-order valence-electron chi connectivity index (χ1n) is 11.9. The van der Waals surface area contributed by atoms with E-state index in [-0.39, 0.29) is 29.4 Å². The number of amides is 2. The molecule has 5 rings (SSSR count). The van der Waals surface area contributed by atoms with Crippen LogP contribution >= 0.6 is 23.1 Å². The molecule has 1 aromatic heterocycles. The zero-order valence-electron chi connectivity index (χ0n) is 19.9. The van der Waals surface area contributed by atoms with Crippen molar-refractivity contribution in [3.63, 3.8) is 0 Å². The fraction of sp³-hybridized carbons (Fsp3) is 0.333. The van der Waals surface area contributed by atoms with E-state index < -0.39 is 17.8 Å². The fourth-order valence-corrected chi connectivity index (χ4v) is 7.12. The topological polar surface area (TPSA) is 108 Å². The molecule has 0 radical (unpaired) electrons. The highest BCUT2D eigenvalue weighted by molar-refractivity contribution is 8.01. The van der Waals surface area contributed by atoms with Gasteiger partial charge in [-0.15, -0.1) is 11.3 Å². The van der Waals surface area contributed by atoms with Gasteiger partial charge in [0.2, 0.25) is 11.8 Å². The summed E-state index contributed by atoms with van der Waals surface area (Å²) in [5.41, 5.74) is 3.34. The maximum absolute atomic E-state index is 13.0. The monoisotopic (exact) mass is 521 g/mol. The van der Waals surface area contributed by atoms with E-state index in [1.54, 1.807) is 6.07 Å². The summed E-state index contributed by atoms with van der Waals surface area (Å²) in [5, 5.41) is 15.5. The number of hydrogen-bond acceptors (Lipinski definition) is 6. The van der Waals surface area contributed by atoms with Gasteiger partial charge in [-0.2, -0.15) is 0 Å². The number of allylic oxidation sites excluding steroid dienone is 2. The number of carbonyl (C=O) groups is 3. The number of carbonyl (C=O) groups excluding carboxylic acids is 2. The zero-order valence-corrected chi connectivity index (χ0v) is 21.6. The molecule has 4 atom stereocenters. The summed E-state index contributed by atoms with van der Waals surface area (Å²) in [7, 11) is 0. The Kier molecular flexibility index (Phi) is 6.85. The molecule has 1 saturated carbocycles. The summed E-state index contributed by atoms with van der Waals surface area (Å²) in [6.07, 6.45) is 4.63. The lowest BCUT2D eigenvalue weighted by atomic mass is 9.82. The molecule has 9 heteroatoms. The van der Waals surface area contributed by atoms with E-state index in [9.17, 15) is 19.5 Å². The summed E-state index contributed by atoms with van der Waals surface area (Å²) in [5.74, 6) is -2.03. The van der Waals surface area contributed by atoms with Crippen molar-refractivity contribution >= 4 is 62.5 Å². The molecular formula is C27H27N3O4S2. The second kappa shape index (κ2) is 10.1. The van der Waals surface area contributed by atoms with Crippen LogP contribution in [-0.2, 0) is 14.4 Å². The first-order valence-corrected chi connectivity index (χ1v) is 13.7. The number of carboxylic acid groups (broad SMARTS) is 1. The molecular weight excluding hydrogens is 494 g/mol. The number of thiazole rings is 1. The molecule has 2 aliphatic carbocycles. The smallest absolute Gasteiger partial charge is 0.307 e. The number of para-hydroxylation sites is 1. The SMILES string of the molecule is CC(C)c1ccccc1NC(=O)CSc1nc2ccc(NC(=O)[C@@H]3[C@@H](C(=O)O)[C@H]4C=C[C@H]3C4)cc2s1. The van der Waals surface area contributed by atoms with E-state index in [1.165, 1.54) is 23.1 Å². The van der Waals surface area contributed by atoms with Crippen molar-refractivity contribution in [1.29, 1.82) is 0 Å². The average molecular weight is 522 g/mol. The van der Waals surface area contributed by atoms with Crippen LogP contribution in [0.1, 0.15) is 31.7 Å². The number of nitrogens with one attached hydrogen (secondary N) is 2. The molecule has 2 bridgehead atoms. The van der Waals surface area contributed by atoms with Crippen molar-refractivity contribution in [2.45, 2.75) is 30.5 Å². The van der Waals surface area contributed by atoms with Gasteiger partial charge in [0.25, 0.3) is 0 Å². The van der Waals surface area contributed by atoms with Crippen LogP contribution in [0, 0.1) is 23.7 Å². The van der Waals surface area contributed by atoms with Crippen molar-refractivity contribution in [2.75, 3.05) is 16.4 Å². The lowest BCUT2D eigenvalue weighted by molar-refractivity contribution is -0.146. The van der Waals surface area contributed by atoms with Crippen LogP contribution in [0.4, 0.5) is 11.4 Å². The van der Waals surface area contributed by atoms with Crippen LogP contribution < -0.4 is 10.6 Å². The zero-order chi connectivity index (χ0) is 25.4. The summed E-state index contributed by atoms with van der Waals surface area (Å²) in [6, 6.07) is 13.3. The summed E-state index contributed by atoms with van der Waals surface area (Å²) in [4.78, 5) is 41.9. The normalized spacial score (nSPS) is 22.3. The first kappa shape index (κ1) is 24.5. The van der Waals surface area contributed by atoms with Crippen LogP contribution in [0.2, 0.25) is 0 Å². The number of aromatic nitrogens is 1. The highest BCUT2D eigenvalue weighted by Crippen LogP contribution is 2.48. The minimum absolute atomic E-state index is 0.0233. The van der Waals surface area contributed by atoms with E-state index in [0.717, 1.165) is 32.2 Å². The molecule has 7 nitrogen and oxygen atoms in total. The van der Waals surface area contributed by atoms with Crippen LogP contribution in [0.3, 0.4) is 0 Å². The van der Waals surface area contributed by atoms with Gasteiger partial charge in [0.05, 0.1) is 27.8 Å². The Morgan fingerprint density at radius 3 is 2.58 bits per heavy atom. The van der Waals surface area contributed by atoms with Crippen LogP contribution in [0.5, 0.6) is 0 Å². The van der Waals surface area contributed by atoms with Crippen LogP contribution in [-0.4, -0.2) is 33.6 Å². The standard InChI is InChI=1S/C27H27N3O4S2/c1-14(2)18-5-3-4-6-19(18)29-22(31)13-35-27-30-20-10-9-17(12-21(20)36-27)28-25(32)23-15-7-8-16(11-15)24(23)26(33)34/h3-10,12,14-16,23-24H,11,13H2,1-2H3,(H,28,32)(H,29,31)(H,33,34)/t15-,16-,23-,24-/m0/s1. The third-order valence-electron chi connectivity index (χ3n) is 6.87. The van der Waals surface area contributed by atoms with Gasteiger partial charge >= 0.3 is 5.97 Å². The Labute approximate surface area is 217 Å². The van der Waals surface area contributed by atoms with Crippen LogP contribution in [0.15, 0.2) is 59.0 Å². The Balaban J connectivity index is 1.22. The molecule has 1 fully saturated rings. The highest BCUT2D eigenvalue weighted by Gasteiger charge is 2.51. The van der Waals surface area contributed by atoms with E-state index in [0.29, 0.717) is 11.6 Å². The average Bonchev–Trinajstić information content (AvgIpc) is 3.57. The molecule has 0 aliphatic heterocycles.